The summed E-state index contributed by atoms with van der Waals surface area (Å²) in [5.74, 6) is 1.32. The molecule has 0 spiro atoms. The lowest BCUT2D eigenvalue weighted by Gasteiger charge is -2.34. The van der Waals surface area contributed by atoms with E-state index in [9.17, 15) is 4.79 Å². The Bertz CT molecular complexity index is 654. The first-order valence-electron chi connectivity index (χ1n) is 10.1. The zero-order chi connectivity index (χ0) is 20.4. The van der Waals surface area contributed by atoms with Crippen molar-refractivity contribution in [3.05, 3.63) is 35.4 Å². The Morgan fingerprint density at radius 2 is 2.03 bits per heavy atom. The summed E-state index contributed by atoms with van der Waals surface area (Å²) in [5.41, 5.74) is 1.76. The minimum atomic E-state index is -0.0608. The van der Waals surface area contributed by atoms with E-state index in [2.05, 4.69) is 39.7 Å². The molecule has 0 aromatic heterocycles. The molecule has 0 aliphatic carbocycles. The molecule has 0 bridgehead atoms. The standard InChI is InChI=1S/C21H35N5O2.HI/c1-16(2)14-26-10-11-28-19(15-26)13-25-21(22-4)24-9-8-23-20(27)18-7-5-6-17(3)12-18;/h5-7,12,16,19H,8-11,13-15H2,1-4H3,(H,23,27)(H2,22,24,25);1H. The number of benzene rings is 1. The molecule has 164 valence electrons. The van der Waals surface area contributed by atoms with Crippen molar-refractivity contribution in [2.75, 3.05) is 52.9 Å². The molecule has 2 rings (SSSR count). The maximum Gasteiger partial charge on any atom is 0.251 e. The van der Waals surface area contributed by atoms with E-state index in [0.29, 0.717) is 31.1 Å². The highest BCUT2D eigenvalue weighted by atomic mass is 127. The number of rotatable bonds is 8. The summed E-state index contributed by atoms with van der Waals surface area (Å²) in [5, 5.41) is 9.46. The molecule has 1 saturated heterocycles. The monoisotopic (exact) mass is 517 g/mol. The van der Waals surface area contributed by atoms with Crippen molar-refractivity contribution in [2.24, 2.45) is 10.9 Å². The van der Waals surface area contributed by atoms with Gasteiger partial charge in [0.2, 0.25) is 0 Å². The Hall–Kier alpha value is -1.39. The number of hydrogen-bond acceptors (Lipinski definition) is 4. The van der Waals surface area contributed by atoms with Crippen LogP contribution in [0, 0.1) is 12.8 Å². The van der Waals surface area contributed by atoms with Crippen LogP contribution in [0.1, 0.15) is 29.8 Å². The molecule has 1 aliphatic rings. The fourth-order valence-corrected chi connectivity index (χ4v) is 3.26. The topological polar surface area (TPSA) is 78.0 Å². The molecular weight excluding hydrogens is 481 g/mol. The fraction of sp³-hybridized carbons (Fsp3) is 0.619. The molecule has 1 aromatic carbocycles. The Kier molecular flexibility index (Phi) is 12.2. The predicted octanol–water partition coefficient (Wildman–Crippen LogP) is 1.86. The number of amides is 1. The van der Waals surface area contributed by atoms with Crippen LogP contribution in [0.5, 0.6) is 0 Å². The number of hydrogen-bond donors (Lipinski definition) is 3. The number of halogens is 1. The number of ether oxygens (including phenoxy) is 1. The van der Waals surface area contributed by atoms with Crippen LogP contribution < -0.4 is 16.0 Å². The quantitative estimate of drug-likeness (QED) is 0.213. The molecule has 3 N–H and O–H groups in total. The second kappa shape index (κ2) is 13.8. The molecule has 1 amide bonds. The summed E-state index contributed by atoms with van der Waals surface area (Å²) in [6.07, 6.45) is 0.159. The zero-order valence-corrected chi connectivity index (χ0v) is 20.4. The molecule has 0 radical (unpaired) electrons. The molecule has 1 fully saturated rings. The van der Waals surface area contributed by atoms with Gasteiger partial charge in [0, 0.05) is 51.9 Å². The molecular formula is C21H36IN5O2. The van der Waals surface area contributed by atoms with E-state index in [0.717, 1.165) is 37.8 Å². The van der Waals surface area contributed by atoms with Gasteiger partial charge in [-0.15, -0.1) is 24.0 Å². The highest BCUT2D eigenvalue weighted by molar-refractivity contribution is 14.0. The van der Waals surface area contributed by atoms with E-state index in [-0.39, 0.29) is 36.0 Å². The largest absolute Gasteiger partial charge is 0.374 e. The molecule has 0 saturated carbocycles. The molecule has 1 atom stereocenters. The molecule has 8 heteroatoms. The van der Waals surface area contributed by atoms with Gasteiger partial charge in [0.15, 0.2) is 5.96 Å². The zero-order valence-electron chi connectivity index (χ0n) is 18.0. The minimum Gasteiger partial charge on any atom is -0.374 e. The minimum absolute atomic E-state index is 0. The van der Waals surface area contributed by atoms with E-state index in [1.54, 1.807) is 7.05 Å². The summed E-state index contributed by atoms with van der Waals surface area (Å²) in [6.45, 7) is 12.1. The molecule has 29 heavy (non-hydrogen) atoms. The molecule has 1 heterocycles. The number of aliphatic imine (C=N–C) groups is 1. The Morgan fingerprint density at radius 3 is 2.72 bits per heavy atom. The lowest BCUT2D eigenvalue weighted by molar-refractivity contribution is -0.0284. The second-order valence-electron chi connectivity index (χ2n) is 7.65. The van der Waals surface area contributed by atoms with Crippen LogP contribution in [0.25, 0.3) is 0 Å². The van der Waals surface area contributed by atoms with Crippen molar-refractivity contribution < 1.29 is 9.53 Å². The van der Waals surface area contributed by atoms with Gasteiger partial charge in [-0.25, -0.2) is 0 Å². The van der Waals surface area contributed by atoms with Crippen molar-refractivity contribution in [1.29, 1.82) is 0 Å². The van der Waals surface area contributed by atoms with Gasteiger partial charge in [0.25, 0.3) is 5.91 Å². The summed E-state index contributed by atoms with van der Waals surface area (Å²) in [4.78, 5) is 18.8. The first kappa shape index (κ1) is 25.6. The number of morpholine rings is 1. The highest BCUT2D eigenvalue weighted by Crippen LogP contribution is 2.07. The molecule has 1 unspecified atom stereocenters. The first-order valence-corrected chi connectivity index (χ1v) is 10.1. The average Bonchev–Trinajstić information content (AvgIpc) is 2.67. The summed E-state index contributed by atoms with van der Waals surface area (Å²) >= 11 is 0. The summed E-state index contributed by atoms with van der Waals surface area (Å²) in [6, 6.07) is 7.58. The average molecular weight is 517 g/mol. The van der Waals surface area contributed by atoms with E-state index in [4.69, 9.17) is 4.74 Å². The summed E-state index contributed by atoms with van der Waals surface area (Å²) in [7, 11) is 1.74. The van der Waals surface area contributed by atoms with Crippen LogP contribution >= 0.6 is 24.0 Å². The van der Waals surface area contributed by atoms with Crippen molar-refractivity contribution in [2.45, 2.75) is 26.9 Å². The lowest BCUT2D eigenvalue weighted by atomic mass is 10.1. The van der Waals surface area contributed by atoms with Gasteiger partial charge < -0.3 is 20.7 Å². The number of carbonyl (C=O) groups excluding carboxylic acids is 1. The van der Waals surface area contributed by atoms with E-state index in [1.807, 2.05) is 31.2 Å². The number of aryl methyl sites for hydroxylation is 1. The summed E-state index contributed by atoms with van der Waals surface area (Å²) < 4.78 is 5.86. The molecule has 1 aromatic rings. The highest BCUT2D eigenvalue weighted by Gasteiger charge is 2.21. The van der Waals surface area contributed by atoms with Gasteiger partial charge in [-0.2, -0.15) is 0 Å². The van der Waals surface area contributed by atoms with Crippen molar-refractivity contribution in [3.63, 3.8) is 0 Å². The Balaban J connectivity index is 0.00000420. The van der Waals surface area contributed by atoms with E-state index < -0.39 is 0 Å². The number of nitrogens with one attached hydrogen (secondary N) is 3. The van der Waals surface area contributed by atoms with Gasteiger partial charge in [0.05, 0.1) is 12.7 Å². The third-order valence-corrected chi connectivity index (χ3v) is 4.55. The molecule has 7 nitrogen and oxygen atoms in total. The van der Waals surface area contributed by atoms with Crippen molar-refractivity contribution >= 4 is 35.8 Å². The van der Waals surface area contributed by atoms with Crippen molar-refractivity contribution in [1.82, 2.24) is 20.9 Å². The van der Waals surface area contributed by atoms with Crippen LogP contribution in [-0.2, 0) is 4.74 Å². The maximum absolute atomic E-state index is 12.1. The smallest absolute Gasteiger partial charge is 0.251 e. The lowest BCUT2D eigenvalue weighted by Crippen LogP contribution is -2.50. The fourth-order valence-electron chi connectivity index (χ4n) is 3.26. The Labute approximate surface area is 192 Å². The van der Waals surface area contributed by atoms with Gasteiger partial charge in [-0.05, 0) is 25.0 Å². The predicted molar refractivity (Wildman–Crippen MR) is 129 cm³/mol. The third kappa shape index (κ3) is 9.77. The number of guanidine groups is 1. The normalized spacial score (nSPS) is 17.6. The molecule has 1 aliphatic heterocycles. The van der Waals surface area contributed by atoms with Crippen LogP contribution in [0.3, 0.4) is 0 Å². The maximum atomic E-state index is 12.1. The van der Waals surface area contributed by atoms with Gasteiger partial charge >= 0.3 is 0 Å². The van der Waals surface area contributed by atoms with Crippen LogP contribution in [0.4, 0.5) is 0 Å². The van der Waals surface area contributed by atoms with Crippen molar-refractivity contribution in [3.8, 4) is 0 Å². The van der Waals surface area contributed by atoms with Gasteiger partial charge in [0.1, 0.15) is 0 Å². The van der Waals surface area contributed by atoms with Gasteiger partial charge in [-0.1, -0.05) is 31.5 Å². The Morgan fingerprint density at radius 1 is 1.28 bits per heavy atom. The first-order chi connectivity index (χ1) is 13.5. The number of nitrogens with zero attached hydrogens (tertiary/aromatic N) is 2. The SMILES string of the molecule is CN=C(NCCNC(=O)c1cccc(C)c1)NCC1CN(CC(C)C)CCO1.I. The van der Waals surface area contributed by atoms with E-state index >= 15 is 0 Å². The number of carbonyl (C=O) groups is 1. The van der Waals surface area contributed by atoms with Crippen LogP contribution in [-0.4, -0.2) is 75.8 Å². The van der Waals surface area contributed by atoms with E-state index in [1.165, 1.54) is 0 Å². The van der Waals surface area contributed by atoms with Crippen LogP contribution in [0.15, 0.2) is 29.3 Å². The third-order valence-electron chi connectivity index (χ3n) is 4.55. The van der Waals surface area contributed by atoms with Gasteiger partial charge in [-0.3, -0.25) is 14.7 Å². The second-order valence-corrected chi connectivity index (χ2v) is 7.65. The van der Waals surface area contributed by atoms with Crippen LogP contribution in [0.2, 0.25) is 0 Å².